The Morgan fingerprint density at radius 3 is 2.29 bits per heavy atom. The van der Waals surface area contributed by atoms with Crippen molar-refractivity contribution in [3.8, 4) is 0 Å². The molecule has 0 radical (unpaired) electrons. The molecular weight excluding hydrogens is 556 g/mol. The molecule has 2 aliphatic rings. The number of carboxylic acids is 3. The van der Waals surface area contributed by atoms with Crippen molar-refractivity contribution >= 4 is 40.8 Å². The normalized spacial score (nSPS) is 29.9. The topological polar surface area (TPSA) is 288 Å². The van der Waals surface area contributed by atoms with Gasteiger partial charge in [0, 0.05) is 14.2 Å². The molecule has 19 heteroatoms. The SMILES string of the molecule is COC1(OC)CC(OC(CC(=O)O)[C@H]2O[C@@H](n3cnc4c(N)ncnc43)[C@@](O)(CC(=O)O)[C@@]2(O)CC(=O)O)NC1=O. The van der Waals surface area contributed by atoms with Crippen LogP contribution in [-0.4, -0.2) is 119 Å². The first-order valence-corrected chi connectivity index (χ1v) is 12.0. The van der Waals surface area contributed by atoms with E-state index in [1.54, 1.807) is 0 Å². The van der Waals surface area contributed by atoms with E-state index in [-0.39, 0.29) is 23.4 Å². The summed E-state index contributed by atoms with van der Waals surface area (Å²) in [4.78, 5) is 60.1. The zero-order valence-electron chi connectivity index (χ0n) is 21.7. The number of nitrogens with one attached hydrogen (secondary N) is 1. The van der Waals surface area contributed by atoms with Gasteiger partial charge in [0.1, 0.15) is 29.8 Å². The van der Waals surface area contributed by atoms with Crippen molar-refractivity contribution < 1.29 is 63.7 Å². The number of nitrogens with two attached hydrogens (primary N) is 1. The van der Waals surface area contributed by atoms with Gasteiger partial charge in [-0.3, -0.25) is 23.7 Å². The van der Waals surface area contributed by atoms with Crippen LogP contribution >= 0.6 is 0 Å². The number of nitrogen functional groups attached to an aromatic ring is 1. The number of aliphatic carboxylic acids is 3. The molecule has 0 aliphatic carbocycles. The highest BCUT2D eigenvalue weighted by atomic mass is 16.7. The molecule has 0 aromatic carbocycles. The molecule has 224 valence electrons. The number of aromatic nitrogens is 4. The monoisotopic (exact) mass is 584 g/mol. The van der Waals surface area contributed by atoms with E-state index in [4.69, 9.17) is 24.7 Å². The minimum atomic E-state index is -2.99. The summed E-state index contributed by atoms with van der Waals surface area (Å²) < 4.78 is 23.0. The Balaban J connectivity index is 1.83. The molecule has 2 aromatic rings. The fourth-order valence-electron chi connectivity index (χ4n) is 5.28. The lowest BCUT2D eigenvalue weighted by Gasteiger charge is -2.41. The molecule has 2 saturated heterocycles. The highest BCUT2D eigenvalue weighted by molar-refractivity contribution is 5.86. The van der Waals surface area contributed by atoms with E-state index in [1.807, 2.05) is 0 Å². The Kier molecular flexibility index (Phi) is 7.86. The van der Waals surface area contributed by atoms with E-state index >= 15 is 0 Å². The van der Waals surface area contributed by atoms with Gasteiger partial charge in [-0.1, -0.05) is 0 Å². The number of aliphatic hydroxyl groups is 2. The largest absolute Gasteiger partial charge is 0.481 e. The van der Waals surface area contributed by atoms with E-state index in [0.717, 1.165) is 17.2 Å². The minimum Gasteiger partial charge on any atom is -0.481 e. The molecule has 0 spiro atoms. The average molecular weight is 584 g/mol. The maximum absolute atomic E-state index is 12.5. The van der Waals surface area contributed by atoms with Crippen molar-refractivity contribution in [3.05, 3.63) is 12.7 Å². The molecule has 4 heterocycles. The first-order valence-electron chi connectivity index (χ1n) is 12.0. The van der Waals surface area contributed by atoms with E-state index in [0.29, 0.717) is 0 Å². The smallest absolute Gasteiger partial charge is 0.306 e. The van der Waals surface area contributed by atoms with Crippen LogP contribution in [0.3, 0.4) is 0 Å². The van der Waals surface area contributed by atoms with Crippen molar-refractivity contribution in [3.63, 3.8) is 0 Å². The molecule has 0 saturated carbocycles. The van der Waals surface area contributed by atoms with Gasteiger partial charge in [0.05, 0.1) is 38.1 Å². The third-order valence-electron chi connectivity index (χ3n) is 7.19. The second kappa shape index (κ2) is 10.8. The van der Waals surface area contributed by atoms with Crippen LogP contribution in [0.1, 0.15) is 31.9 Å². The zero-order valence-corrected chi connectivity index (χ0v) is 21.7. The first-order chi connectivity index (χ1) is 19.2. The number of nitrogens with zero attached hydrogens (tertiary/aromatic N) is 4. The van der Waals surface area contributed by atoms with Crippen LogP contribution in [0.2, 0.25) is 0 Å². The lowest BCUT2D eigenvalue weighted by Crippen LogP contribution is -2.62. The lowest BCUT2D eigenvalue weighted by atomic mass is 9.73. The summed E-state index contributed by atoms with van der Waals surface area (Å²) in [6, 6.07) is 0. The number of carboxylic acid groups (broad SMARTS) is 3. The van der Waals surface area contributed by atoms with Gasteiger partial charge in [-0.2, -0.15) is 0 Å². The van der Waals surface area contributed by atoms with Crippen molar-refractivity contribution in [2.45, 2.75) is 67.3 Å². The van der Waals surface area contributed by atoms with Gasteiger partial charge in [-0.15, -0.1) is 0 Å². The van der Waals surface area contributed by atoms with Gasteiger partial charge in [-0.05, 0) is 0 Å². The quantitative estimate of drug-likeness (QED) is 0.126. The minimum absolute atomic E-state index is 0.0153. The van der Waals surface area contributed by atoms with E-state index < -0.39 is 84.7 Å². The number of methoxy groups -OCH3 is 2. The molecule has 2 aromatic heterocycles. The van der Waals surface area contributed by atoms with Crippen LogP contribution < -0.4 is 11.1 Å². The van der Waals surface area contributed by atoms with Crippen molar-refractivity contribution in [2.75, 3.05) is 20.0 Å². The van der Waals surface area contributed by atoms with Crippen LogP contribution in [0.25, 0.3) is 11.2 Å². The Morgan fingerprint density at radius 2 is 1.73 bits per heavy atom. The number of hydrogen-bond acceptors (Lipinski definition) is 14. The van der Waals surface area contributed by atoms with E-state index in [1.165, 1.54) is 14.2 Å². The number of rotatable bonds is 12. The Bertz CT molecular complexity index is 1360. The molecule has 6 atom stereocenters. The summed E-state index contributed by atoms with van der Waals surface area (Å²) in [5.41, 5.74) is -0.159. The van der Waals surface area contributed by atoms with Gasteiger partial charge < -0.3 is 55.5 Å². The number of carbonyl (C=O) groups excluding carboxylic acids is 1. The number of amides is 1. The van der Waals surface area contributed by atoms with Crippen molar-refractivity contribution in [2.24, 2.45) is 0 Å². The first kappa shape index (κ1) is 30.0. The summed E-state index contributed by atoms with van der Waals surface area (Å²) in [5, 5.41) is 55.1. The molecule has 0 bridgehead atoms. The highest BCUT2D eigenvalue weighted by Gasteiger charge is 2.70. The molecule has 41 heavy (non-hydrogen) atoms. The lowest BCUT2D eigenvalue weighted by molar-refractivity contribution is -0.211. The maximum atomic E-state index is 12.5. The molecule has 2 aliphatic heterocycles. The van der Waals surface area contributed by atoms with Gasteiger partial charge in [0.25, 0.3) is 11.7 Å². The second-order valence-corrected chi connectivity index (χ2v) is 9.58. The highest BCUT2D eigenvalue weighted by Crippen LogP contribution is 2.52. The predicted octanol–water partition coefficient (Wildman–Crippen LogP) is -2.59. The number of fused-ring (bicyclic) bond motifs is 1. The number of anilines is 1. The fourth-order valence-corrected chi connectivity index (χ4v) is 5.28. The molecule has 1 amide bonds. The summed E-state index contributed by atoms with van der Waals surface area (Å²) in [5.74, 6) is -7.49. The Morgan fingerprint density at radius 1 is 1.10 bits per heavy atom. The van der Waals surface area contributed by atoms with Crippen LogP contribution in [0.15, 0.2) is 12.7 Å². The number of imidazole rings is 1. The van der Waals surface area contributed by atoms with Crippen molar-refractivity contribution in [1.29, 1.82) is 0 Å². The molecule has 19 nitrogen and oxygen atoms in total. The third kappa shape index (κ3) is 5.02. The fraction of sp³-hybridized carbons (Fsp3) is 0.591. The van der Waals surface area contributed by atoms with Crippen LogP contribution in [0.4, 0.5) is 5.82 Å². The second-order valence-electron chi connectivity index (χ2n) is 9.58. The number of ether oxygens (including phenoxy) is 4. The number of carbonyl (C=O) groups is 4. The third-order valence-corrected chi connectivity index (χ3v) is 7.19. The molecular formula is C22H28N6O13. The summed E-state index contributed by atoms with van der Waals surface area (Å²) >= 11 is 0. The van der Waals surface area contributed by atoms with Gasteiger partial charge in [-0.25, -0.2) is 15.0 Å². The van der Waals surface area contributed by atoms with Crippen LogP contribution in [0, 0.1) is 0 Å². The summed E-state index contributed by atoms with van der Waals surface area (Å²) in [7, 11) is 2.38. The van der Waals surface area contributed by atoms with E-state index in [2.05, 4.69) is 20.3 Å². The molecule has 2 fully saturated rings. The Labute approximate surface area is 229 Å². The average Bonchev–Trinajstić information content (AvgIpc) is 3.49. The molecule has 2 unspecified atom stereocenters. The van der Waals surface area contributed by atoms with Crippen LogP contribution in [0.5, 0.6) is 0 Å². The van der Waals surface area contributed by atoms with Gasteiger partial charge in [0.2, 0.25) is 0 Å². The van der Waals surface area contributed by atoms with Gasteiger partial charge >= 0.3 is 17.9 Å². The molecule has 4 rings (SSSR count). The Hall–Kier alpha value is -4.01. The number of hydrogen-bond donors (Lipinski definition) is 7. The van der Waals surface area contributed by atoms with Crippen molar-refractivity contribution in [1.82, 2.24) is 24.8 Å². The summed E-state index contributed by atoms with van der Waals surface area (Å²) in [6.45, 7) is 0. The zero-order chi connectivity index (χ0) is 30.3. The molecule has 8 N–H and O–H groups in total. The standard InChI is InChI=1S/C22H28N6O13/c1-38-22(39-2)4-10(27-18(22)35)40-9(3-11(29)30)15-20(36,5-12(31)32)21(37,6-13(33)34)19(41-15)28-8-26-14-16(23)24-7-25-17(14)28/h7-10,15,19,36-37H,3-6H2,1-2H3,(H,27,35)(H,29,30)(H,31,32)(H,33,34)(H2,23,24,25)/t9?,10?,15-,19-,20-,21+/m1/s1. The van der Waals surface area contributed by atoms with E-state index in [9.17, 15) is 44.7 Å². The maximum Gasteiger partial charge on any atom is 0.306 e. The van der Waals surface area contributed by atoms with Gasteiger partial charge in [0.15, 0.2) is 23.3 Å². The predicted molar refractivity (Wildman–Crippen MR) is 128 cm³/mol. The van der Waals surface area contributed by atoms with Crippen LogP contribution in [-0.2, 0) is 38.1 Å². The summed E-state index contributed by atoms with van der Waals surface area (Å²) in [6.07, 6.45) is -8.70.